The third kappa shape index (κ3) is 5.38. The van der Waals surface area contributed by atoms with Gasteiger partial charge < -0.3 is 15.4 Å². The van der Waals surface area contributed by atoms with Gasteiger partial charge in [0.05, 0.1) is 7.11 Å². The lowest BCUT2D eigenvalue weighted by atomic mass is 10.1. The predicted octanol–water partition coefficient (Wildman–Crippen LogP) is 3.59. The lowest BCUT2D eigenvalue weighted by Crippen LogP contribution is -2.15. The van der Waals surface area contributed by atoms with Gasteiger partial charge in [-0.1, -0.05) is 30.3 Å². The molecule has 0 atom stereocenters. The first-order valence-electron chi connectivity index (χ1n) is 9.17. The maximum atomic E-state index is 12.5. The van der Waals surface area contributed by atoms with Gasteiger partial charge in [0, 0.05) is 23.9 Å². The average molecular weight is 390 g/mol. The number of benzene rings is 2. The van der Waals surface area contributed by atoms with E-state index < -0.39 is 0 Å². The number of Topliss-reactive ketones (excluding diaryl/α,β-unsaturated/α-hetero) is 1. The van der Waals surface area contributed by atoms with Crippen molar-refractivity contribution in [3.8, 4) is 5.75 Å². The molecular formula is C22H22N4O3. The number of nitrogens with one attached hydrogen (secondary N) is 2. The SMILES string of the molecule is COc1ccccc1CCNc1cc(C(=O)Nc2cccc(C(C)=O)c2)ncn1. The van der Waals surface area contributed by atoms with Crippen molar-refractivity contribution in [1.82, 2.24) is 9.97 Å². The van der Waals surface area contributed by atoms with Crippen LogP contribution in [-0.4, -0.2) is 35.3 Å². The number of carbonyl (C=O) groups excluding carboxylic acids is 2. The molecular weight excluding hydrogens is 368 g/mol. The molecule has 0 spiro atoms. The van der Waals surface area contributed by atoms with Crippen LogP contribution in [0.15, 0.2) is 60.9 Å². The molecule has 0 unspecified atom stereocenters. The minimum absolute atomic E-state index is 0.0651. The zero-order valence-corrected chi connectivity index (χ0v) is 16.3. The molecule has 0 aliphatic carbocycles. The highest BCUT2D eigenvalue weighted by Crippen LogP contribution is 2.18. The Balaban J connectivity index is 1.62. The quantitative estimate of drug-likeness (QED) is 0.571. The van der Waals surface area contributed by atoms with Gasteiger partial charge in [-0.3, -0.25) is 9.59 Å². The number of rotatable bonds is 8. The second-order valence-electron chi connectivity index (χ2n) is 6.37. The second-order valence-corrected chi connectivity index (χ2v) is 6.37. The van der Waals surface area contributed by atoms with Crippen LogP contribution in [0.3, 0.4) is 0 Å². The summed E-state index contributed by atoms with van der Waals surface area (Å²) in [5, 5.41) is 5.95. The second kappa shape index (κ2) is 9.45. The maximum absolute atomic E-state index is 12.5. The summed E-state index contributed by atoms with van der Waals surface area (Å²) in [6.07, 6.45) is 2.08. The third-order valence-electron chi connectivity index (χ3n) is 4.32. The van der Waals surface area contributed by atoms with Crippen LogP contribution in [-0.2, 0) is 6.42 Å². The topological polar surface area (TPSA) is 93.2 Å². The molecule has 0 bridgehead atoms. The molecule has 2 N–H and O–H groups in total. The van der Waals surface area contributed by atoms with E-state index in [0.717, 1.165) is 17.7 Å². The first kappa shape index (κ1) is 20.0. The first-order chi connectivity index (χ1) is 14.1. The Morgan fingerprint density at radius 1 is 1.03 bits per heavy atom. The highest BCUT2D eigenvalue weighted by molar-refractivity contribution is 6.04. The summed E-state index contributed by atoms with van der Waals surface area (Å²) in [5.41, 5.74) is 2.38. The van der Waals surface area contributed by atoms with E-state index >= 15 is 0 Å². The number of nitrogens with zero attached hydrogens (tertiary/aromatic N) is 2. The Morgan fingerprint density at radius 2 is 1.86 bits per heavy atom. The fourth-order valence-corrected chi connectivity index (χ4v) is 2.82. The molecule has 0 fully saturated rings. The molecule has 0 aliphatic heterocycles. The van der Waals surface area contributed by atoms with Gasteiger partial charge in [-0.05, 0) is 37.1 Å². The van der Waals surface area contributed by atoms with Crippen molar-refractivity contribution in [3.63, 3.8) is 0 Å². The smallest absolute Gasteiger partial charge is 0.274 e. The lowest BCUT2D eigenvalue weighted by Gasteiger charge is -2.10. The number of ether oxygens (including phenoxy) is 1. The average Bonchev–Trinajstić information content (AvgIpc) is 2.74. The number of ketones is 1. The number of anilines is 2. The molecule has 1 aromatic heterocycles. The molecule has 1 heterocycles. The number of hydrogen-bond acceptors (Lipinski definition) is 6. The van der Waals surface area contributed by atoms with Gasteiger partial charge in [-0.25, -0.2) is 9.97 Å². The van der Waals surface area contributed by atoms with Gasteiger partial charge >= 0.3 is 0 Å². The van der Waals surface area contributed by atoms with E-state index in [4.69, 9.17) is 4.74 Å². The molecule has 0 saturated carbocycles. The largest absolute Gasteiger partial charge is 0.496 e. The molecule has 7 nitrogen and oxygen atoms in total. The Hall–Kier alpha value is -3.74. The van der Waals surface area contributed by atoms with Crippen molar-refractivity contribution in [2.75, 3.05) is 24.3 Å². The number of methoxy groups -OCH3 is 1. The van der Waals surface area contributed by atoms with E-state index in [-0.39, 0.29) is 17.4 Å². The summed E-state index contributed by atoms with van der Waals surface area (Å²) in [5.74, 6) is 0.952. The number of para-hydroxylation sites is 1. The number of carbonyl (C=O) groups is 2. The normalized spacial score (nSPS) is 10.3. The van der Waals surface area contributed by atoms with Crippen molar-refractivity contribution in [3.05, 3.63) is 77.7 Å². The minimum Gasteiger partial charge on any atom is -0.496 e. The zero-order chi connectivity index (χ0) is 20.6. The monoisotopic (exact) mass is 390 g/mol. The zero-order valence-electron chi connectivity index (χ0n) is 16.3. The Kier molecular flexibility index (Phi) is 6.52. The summed E-state index contributed by atoms with van der Waals surface area (Å²) in [4.78, 5) is 32.2. The van der Waals surface area contributed by atoms with E-state index in [9.17, 15) is 9.59 Å². The lowest BCUT2D eigenvalue weighted by molar-refractivity contribution is 0.100. The van der Waals surface area contributed by atoms with E-state index in [1.165, 1.54) is 13.3 Å². The molecule has 0 aliphatic rings. The van der Waals surface area contributed by atoms with Crippen molar-refractivity contribution in [2.45, 2.75) is 13.3 Å². The van der Waals surface area contributed by atoms with Crippen molar-refractivity contribution < 1.29 is 14.3 Å². The summed E-state index contributed by atoms with van der Waals surface area (Å²) in [6.45, 7) is 2.10. The van der Waals surface area contributed by atoms with Crippen molar-refractivity contribution >= 4 is 23.2 Å². The fraction of sp³-hybridized carbons (Fsp3) is 0.182. The summed E-state index contributed by atoms with van der Waals surface area (Å²) >= 11 is 0. The fourth-order valence-electron chi connectivity index (χ4n) is 2.82. The predicted molar refractivity (Wildman–Crippen MR) is 112 cm³/mol. The van der Waals surface area contributed by atoms with E-state index in [0.29, 0.717) is 23.6 Å². The van der Waals surface area contributed by atoms with Crippen LogP contribution in [0.4, 0.5) is 11.5 Å². The minimum atomic E-state index is -0.374. The number of aromatic nitrogens is 2. The molecule has 7 heteroatoms. The molecule has 3 rings (SSSR count). The number of amides is 1. The number of hydrogen-bond donors (Lipinski definition) is 2. The Bertz CT molecular complexity index is 1020. The highest BCUT2D eigenvalue weighted by Gasteiger charge is 2.10. The van der Waals surface area contributed by atoms with Gasteiger partial charge in [0.25, 0.3) is 5.91 Å². The summed E-state index contributed by atoms with van der Waals surface area (Å²) in [6, 6.07) is 16.2. The van der Waals surface area contributed by atoms with Gasteiger partial charge in [-0.2, -0.15) is 0 Å². The molecule has 2 aromatic carbocycles. The molecule has 0 saturated heterocycles. The molecule has 148 valence electrons. The van der Waals surface area contributed by atoms with Gasteiger partial charge in [0.2, 0.25) is 0 Å². The summed E-state index contributed by atoms with van der Waals surface area (Å²) in [7, 11) is 1.65. The third-order valence-corrected chi connectivity index (χ3v) is 4.32. The van der Waals surface area contributed by atoms with E-state index in [1.807, 2.05) is 24.3 Å². The van der Waals surface area contributed by atoms with Crippen LogP contribution in [0.2, 0.25) is 0 Å². The Morgan fingerprint density at radius 3 is 2.66 bits per heavy atom. The van der Waals surface area contributed by atoms with Crippen LogP contribution < -0.4 is 15.4 Å². The van der Waals surface area contributed by atoms with Crippen LogP contribution >= 0.6 is 0 Å². The summed E-state index contributed by atoms with van der Waals surface area (Å²) < 4.78 is 5.35. The molecule has 3 aromatic rings. The van der Waals surface area contributed by atoms with E-state index in [1.54, 1.807) is 37.4 Å². The van der Waals surface area contributed by atoms with E-state index in [2.05, 4.69) is 20.6 Å². The molecule has 0 radical (unpaired) electrons. The van der Waals surface area contributed by atoms with Crippen molar-refractivity contribution in [1.29, 1.82) is 0 Å². The Labute approximate surface area is 169 Å². The van der Waals surface area contributed by atoms with Gasteiger partial charge in [-0.15, -0.1) is 0 Å². The van der Waals surface area contributed by atoms with Crippen LogP contribution in [0.25, 0.3) is 0 Å². The molecule has 29 heavy (non-hydrogen) atoms. The van der Waals surface area contributed by atoms with Gasteiger partial charge in [0.15, 0.2) is 5.78 Å². The van der Waals surface area contributed by atoms with Crippen LogP contribution in [0.5, 0.6) is 5.75 Å². The maximum Gasteiger partial charge on any atom is 0.274 e. The van der Waals surface area contributed by atoms with Gasteiger partial charge in [0.1, 0.15) is 23.6 Å². The van der Waals surface area contributed by atoms with Crippen LogP contribution in [0, 0.1) is 0 Å². The molecule has 1 amide bonds. The highest BCUT2D eigenvalue weighted by atomic mass is 16.5. The standard InChI is InChI=1S/C22H22N4O3/c1-15(27)17-7-5-8-18(12-17)26-22(28)19-13-21(25-14-24-19)23-11-10-16-6-3-4-9-20(16)29-2/h3-9,12-14H,10-11H2,1-2H3,(H,26,28)(H,23,24,25). The van der Waals surface area contributed by atoms with Crippen LogP contribution in [0.1, 0.15) is 33.3 Å². The van der Waals surface area contributed by atoms with Crippen molar-refractivity contribution in [2.24, 2.45) is 0 Å². The first-order valence-corrected chi connectivity index (χ1v) is 9.17.